The first-order chi connectivity index (χ1) is 11.6. The van der Waals surface area contributed by atoms with Crippen molar-refractivity contribution in [1.82, 2.24) is 9.88 Å². The third-order valence-electron chi connectivity index (χ3n) is 4.89. The van der Waals surface area contributed by atoms with Gasteiger partial charge in [0.25, 0.3) is 5.91 Å². The van der Waals surface area contributed by atoms with E-state index in [1.165, 1.54) is 23.1 Å². The lowest BCUT2D eigenvalue weighted by molar-refractivity contribution is -0.136. The van der Waals surface area contributed by atoms with Crippen molar-refractivity contribution in [2.45, 2.75) is 32.5 Å². The number of nitrogens with two attached hydrogens (primary N) is 1. The van der Waals surface area contributed by atoms with Crippen LogP contribution in [-0.4, -0.2) is 34.9 Å². The Balaban J connectivity index is 2.08. The van der Waals surface area contributed by atoms with Gasteiger partial charge >= 0.3 is 6.18 Å². The van der Waals surface area contributed by atoms with Gasteiger partial charge in [0, 0.05) is 30.7 Å². The number of amides is 1. The van der Waals surface area contributed by atoms with E-state index in [4.69, 9.17) is 5.73 Å². The third kappa shape index (κ3) is 3.20. The summed E-state index contributed by atoms with van der Waals surface area (Å²) >= 11 is 0. The number of nitrogens with zero attached hydrogens (tertiary/aromatic N) is 2. The van der Waals surface area contributed by atoms with Crippen molar-refractivity contribution in [2.75, 3.05) is 13.1 Å². The van der Waals surface area contributed by atoms with Crippen LogP contribution in [0.2, 0.25) is 0 Å². The molecule has 1 atom stereocenters. The molecule has 1 saturated heterocycles. The number of benzene rings is 1. The van der Waals surface area contributed by atoms with Crippen molar-refractivity contribution in [3.8, 4) is 0 Å². The molecule has 2 heterocycles. The van der Waals surface area contributed by atoms with Gasteiger partial charge in [-0.3, -0.25) is 9.78 Å². The first kappa shape index (κ1) is 17.7. The normalized spacial score (nSPS) is 20.7. The fourth-order valence-electron chi connectivity index (χ4n) is 3.33. The third-order valence-corrected chi connectivity index (χ3v) is 4.89. The Morgan fingerprint density at radius 3 is 2.64 bits per heavy atom. The molecule has 0 aliphatic carbocycles. The molecule has 1 aliphatic rings. The highest BCUT2D eigenvalue weighted by Gasteiger charge is 2.41. The number of carbonyl (C=O) groups excluding carboxylic acids is 1. The van der Waals surface area contributed by atoms with Crippen LogP contribution in [0, 0.1) is 5.41 Å². The number of halogens is 3. The molecule has 7 heteroatoms. The summed E-state index contributed by atoms with van der Waals surface area (Å²) < 4.78 is 41.1. The Hall–Kier alpha value is -2.15. The maximum atomic E-state index is 13.7. The SMILES string of the molecule is CC1(C)CN(C(=O)c2cnc3ccccc3c2C(F)(F)F)CCC1N. The van der Waals surface area contributed by atoms with Crippen LogP contribution in [0.4, 0.5) is 13.2 Å². The van der Waals surface area contributed by atoms with E-state index in [1.54, 1.807) is 6.07 Å². The van der Waals surface area contributed by atoms with E-state index >= 15 is 0 Å². The second-order valence-electron chi connectivity index (χ2n) is 7.17. The van der Waals surface area contributed by atoms with E-state index in [-0.39, 0.29) is 22.4 Å². The molecule has 1 fully saturated rings. The number of rotatable bonds is 1. The summed E-state index contributed by atoms with van der Waals surface area (Å²) in [5.74, 6) is -0.648. The first-order valence-corrected chi connectivity index (χ1v) is 8.11. The van der Waals surface area contributed by atoms with Crippen LogP contribution < -0.4 is 5.73 Å². The molecule has 134 valence electrons. The summed E-state index contributed by atoms with van der Waals surface area (Å²) in [5.41, 5.74) is 4.60. The Kier molecular flexibility index (Phi) is 4.23. The van der Waals surface area contributed by atoms with Gasteiger partial charge in [0.2, 0.25) is 0 Å². The summed E-state index contributed by atoms with van der Waals surface area (Å²) in [5, 5.41) is -0.0613. The zero-order chi connectivity index (χ0) is 18.4. The van der Waals surface area contributed by atoms with Crippen molar-refractivity contribution >= 4 is 16.8 Å². The molecule has 3 rings (SSSR count). The minimum Gasteiger partial charge on any atom is -0.338 e. The predicted octanol–water partition coefficient (Wildman–Crippen LogP) is 3.45. The van der Waals surface area contributed by atoms with Crippen LogP contribution in [-0.2, 0) is 6.18 Å². The lowest BCUT2D eigenvalue weighted by Crippen LogP contribution is -2.54. The highest BCUT2D eigenvalue weighted by Crippen LogP contribution is 2.38. The quantitative estimate of drug-likeness (QED) is 0.856. The van der Waals surface area contributed by atoms with E-state index in [1.807, 2.05) is 13.8 Å². The molecule has 1 aromatic carbocycles. The highest BCUT2D eigenvalue weighted by molar-refractivity contribution is 6.00. The molecule has 1 amide bonds. The molecule has 1 aromatic heterocycles. The van der Waals surface area contributed by atoms with Crippen LogP contribution in [0.25, 0.3) is 10.9 Å². The molecule has 25 heavy (non-hydrogen) atoms. The van der Waals surface area contributed by atoms with Gasteiger partial charge in [-0.15, -0.1) is 0 Å². The summed E-state index contributed by atoms with van der Waals surface area (Å²) in [6.45, 7) is 4.49. The Morgan fingerprint density at radius 2 is 2.00 bits per heavy atom. The van der Waals surface area contributed by atoms with Gasteiger partial charge in [0.05, 0.1) is 16.6 Å². The van der Waals surface area contributed by atoms with Gasteiger partial charge in [-0.25, -0.2) is 0 Å². The standard InChI is InChI=1S/C18H20F3N3O/c1-17(2)10-24(8-7-14(17)22)16(25)12-9-23-13-6-4-3-5-11(13)15(12)18(19,20)21/h3-6,9,14H,7-8,10,22H2,1-2H3. The lowest BCUT2D eigenvalue weighted by Gasteiger charge is -2.42. The second kappa shape index (κ2) is 5.98. The fraction of sp³-hybridized carbons (Fsp3) is 0.444. The average Bonchev–Trinajstić information content (AvgIpc) is 2.54. The number of carbonyl (C=O) groups is 1. The number of pyridine rings is 1. The van der Waals surface area contributed by atoms with Crippen LogP contribution in [0.5, 0.6) is 0 Å². The second-order valence-corrected chi connectivity index (χ2v) is 7.17. The van der Waals surface area contributed by atoms with Gasteiger partial charge in [0.1, 0.15) is 0 Å². The highest BCUT2D eigenvalue weighted by atomic mass is 19.4. The molecular formula is C18H20F3N3O. The van der Waals surface area contributed by atoms with E-state index in [0.29, 0.717) is 19.5 Å². The van der Waals surface area contributed by atoms with Crippen molar-refractivity contribution in [2.24, 2.45) is 11.1 Å². The number of fused-ring (bicyclic) bond motifs is 1. The lowest BCUT2D eigenvalue weighted by atomic mass is 9.79. The monoisotopic (exact) mass is 351 g/mol. The Labute approximate surface area is 143 Å². The number of hydrogen-bond acceptors (Lipinski definition) is 3. The summed E-state index contributed by atoms with van der Waals surface area (Å²) in [4.78, 5) is 18.3. The largest absolute Gasteiger partial charge is 0.417 e. The number of alkyl halides is 3. The van der Waals surface area contributed by atoms with Crippen LogP contribution in [0.3, 0.4) is 0 Å². The molecule has 0 saturated carbocycles. The number of piperidine rings is 1. The first-order valence-electron chi connectivity index (χ1n) is 8.11. The van der Waals surface area contributed by atoms with Gasteiger partial charge in [-0.2, -0.15) is 13.2 Å². The molecule has 0 radical (unpaired) electrons. The smallest absolute Gasteiger partial charge is 0.338 e. The maximum Gasteiger partial charge on any atom is 0.417 e. The fourth-order valence-corrected chi connectivity index (χ4v) is 3.33. The van der Waals surface area contributed by atoms with Crippen molar-refractivity contribution in [3.63, 3.8) is 0 Å². The molecule has 1 unspecified atom stereocenters. The Morgan fingerprint density at radius 1 is 1.32 bits per heavy atom. The van der Waals surface area contributed by atoms with Gasteiger partial charge < -0.3 is 10.6 Å². The summed E-state index contributed by atoms with van der Waals surface area (Å²) in [6.07, 6.45) is -3.05. The number of para-hydroxylation sites is 1. The molecular weight excluding hydrogens is 331 g/mol. The molecule has 1 aliphatic heterocycles. The summed E-state index contributed by atoms with van der Waals surface area (Å²) in [7, 11) is 0. The van der Waals surface area contributed by atoms with Crippen LogP contribution in [0.15, 0.2) is 30.5 Å². The average molecular weight is 351 g/mol. The van der Waals surface area contributed by atoms with Gasteiger partial charge in [-0.1, -0.05) is 32.0 Å². The molecule has 0 spiro atoms. The van der Waals surface area contributed by atoms with Crippen LogP contribution in [0.1, 0.15) is 36.2 Å². The van der Waals surface area contributed by atoms with Gasteiger partial charge in [-0.05, 0) is 17.9 Å². The maximum absolute atomic E-state index is 13.7. The van der Waals surface area contributed by atoms with Crippen molar-refractivity contribution in [1.29, 1.82) is 0 Å². The number of aromatic nitrogens is 1. The number of hydrogen-bond donors (Lipinski definition) is 1. The molecule has 4 nitrogen and oxygen atoms in total. The molecule has 0 bridgehead atoms. The van der Waals surface area contributed by atoms with E-state index in [2.05, 4.69) is 4.98 Å². The van der Waals surface area contributed by atoms with Gasteiger partial charge in [0.15, 0.2) is 0 Å². The van der Waals surface area contributed by atoms with Crippen molar-refractivity contribution in [3.05, 3.63) is 41.6 Å². The van der Waals surface area contributed by atoms with Crippen molar-refractivity contribution < 1.29 is 18.0 Å². The minimum absolute atomic E-state index is 0.0613. The zero-order valence-corrected chi connectivity index (χ0v) is 14.1. The van der Waals surface area contributed by atoms with E-state index in [0.717, 1.165) is 6.20 Å². The number of likely N-dealkylation sites (tertiary alicyclic amines) is 1. The Bertz CT molecular complexity index is 817. The predicted molar refractivity (Wildman–Crippen MR) is 89.0 cm³/mol. The zero-order valence-electron chi connectivity index (χ0n) is 14.1. The summed E-state index contributed by atoms with van der Waals surface area (Å²) in [6, 6.07) is 5.88. The van der Waals surface area contributed by atoms with E-state index in [9.17, 15) is 18.0 Å². The molecule has 2 aromatic rings. The van der Waals surface area contributed by atoms with E-state index < -0.39 is 23.2 Å². The molecule has 2 N–H and O–H groups in total. The van der Waals surface area contributed by atoms with Crippen LogP contribution >= 0.6 is 0 Å². The minimum atomic E-state index is -4.64. The topological polar surface area (TPSA) is 59.2 Å².